The highest BCUT2D eigenvalue weighted by molar-refractivity contribution is 7.91. The van der Waals surface area contributed by atoms with Gasteiger partial charge in [-0.2, -0.15) is 0 Å². The molecule has 1 N–H and O–H groups in total. The van der Waals surface area contributed by atoms with Gasteiger partial charge in [0.15, 0.2) is 21.3 Å². The summed E-state index contributed by atoms with van der Waals surface area (Å²) < 4.78 is 40.4. The van der Waals surface area contributed by atoms with Crippen molar-refractivity contribution in [3.63, 3.8) is 0 Å². The van der Waals surface area contributed by atoms with Crippen LogP contribution in [0.5, 0.6) is 11.5 Å². The van der Waals surface area contributed by atoms with Crippen LogP contribution in [0.2, 0.25) is 0 Å². The van der Waals surface area contributed by atoms with Gasteiger partial charge >= 0.3 is 6.01 Å². The molecule has 9 nitrogen and oxygen atoms in total. The van der Waals surface area contributed by atoms with E-state index in [1.807, 2.05) is 13.8 Å². The van der Waals surface area contributed by atoms with E-state index >= 15 is 0 Å². The normalized spacial score (nSPS) is 11.2. The Balaban J connectivity index is 1.75. The van der Waals surface area contributed by atoms with Crippen LogP contribution in [0.15, 0.2) is 51.8 Å². The Hall–Kier alpha value is -3.40. The average Bonchev–Trinajstić information content (AvgIpc) is 3.23. The van der Waals surface area contributed by atoms with Crippen molar-refractivity contribution in [1.29, 1.82) is 0 Å². The molecule has 0 aliphatic rings. The molecule has 0 saturated carbocycles. The Morgan fingerprint density at radius 1 is 0.968 bits per heavy atom. The van der Waals surface area contributed by atoms with Gasteiger partial charge in [0.25, 0.3) is 5.91 Å². The third-order valence-electron chi connectivity index (χ3n) is 4.29. The fourth-order valence-electron chi connectivity index (χ4n) is 2.72. The first-order chi connectivity index (χ1) is 14.9. The fraction of sp³-hybridized carbons (Fsp3) is 0.286. The van der Waals surface area contributed by atoms with Gasteiger partial charge in [0.1, 0.15) is 0 Å². The van der Waals surface area contributed by atoms with Crippen molar-refractivity contribution in [1.82, 2.24) is 10.2 Å². The maximum atomic E-state index is 12.6. The van der Waals surface area contributed by atoms with Gasteiger partial charge in [-0.25, -0.2) is 8.42 Å². The van der Waals surface area contributed by atoms with Crippen LogP contribution in [0.3, 0.4) is 0 Å². The molecule has 164 valence electrons. The van der Waals surface area contributed by atoms with E-state index in [1.54, 1.807) is 37.3 Å². The Labute approximate surface area is 180 Å². The van der Waals surface area contributed by atoms with Crippen LogP contribution >= 0.6 is 0 Å². The lowest BCUT2D eigenvalue weighted by Crippen LogP contribution is -2.12. The average molecular weight is 445 g/mol. The minimum Gasteiger partial charge on any atom is -0.490 e. The van der Waals surface area contributed by atoms with Gasteiger partial charge in [-0.1, -0.05) is 12.0 Å². The summed E-state index contributed by atoms with van der Waals surface area (Å²) in [4.78, 5) is 12.8. The van der Waals surface area contributed by atoms with E-state index in [4.69, 9.17) is 13.9 Å². The van der Waals surface area contributed by atoms with Crippen LogP contribution in [0.4, 0.5) is 6.01 Å². The summed E-state index contributed by atoms with van der Waals surface area (Å²) >= 11 is 0. The Morgan fingerprint density at radius 3 is 2.29 bits per heavy atom. The van der Waals surface area contributed by atoms with E-state index in [1.165, 1.54) is 12.1 Å². The summed E-state index contributed by atoms with van der Waals surface area (Å²) in [7, 11) is -3.30. The van der Waals surface area contributed by atoms with E-state index in [0.29, 0.717) is 35.8 Å². The number of amides is 1. The van der Waals surface area contributed by atoms with E-state index in [9.17, 15) is 13.2 Å². The number of anilines is 1. The predicted octanol–water partition coefficient (Wildman–Crippen LogP) is 3.58. The molecule has 0 unspecified atom stereocenters. The van der Waals surface area contributed by atoms with E-state index in [0.717, 1.165) is 0 Å². The van der Waals surface area contributed by atoms with Gasteiger partial charge in [0.05, 0.1) is 23.9 Å². The number of hydrogen-bond donors (Lipinski definition) is 1. The molecule has 3 rings (SSSR count). The molecule has 31 heavy (non-hydrogen) atoms. The molecule has 0 fully saturated rings. The molecule has 0 spiro atoms. The lowest BCUT2D eigenvalue weighted by atomic mass is 10.2. The van der Waals surface area contributed by atoms with Crippen molar-refractivity contribution >= 4 is 21.8 Å². The third kappa shape index (κ3) is 5.21. The number of sulfone groups is 1. The fourth-order valence-corrected chi connectivity index (χ4v) is 3.61. The van der Waals surface area contributed by atoms with E-state index in [-0.39, 0.29) is 22.6 Å². The van der Waals surface area contributed by atoms with Crippen LogP contribution in [0.1, 0.15) is 31.1 Å². The molecule has 1 amide bonds. The zero-order chi connectivity index (χ0) is 22.4. The van der Waals surface area contributed by atoms with Gasteiger partial charge < -0.3 is 13.9 Å². The summed E-state index contributed by atoms with van der Waals surface area (Å²) in [5, 5.41) is 10.3. The second-order valence-electron chi connectivity index (χ2n) is 6.32. The maximum Gasteiger partial charge on any atom is 0.322 e. The molecule has 0 bridgehead atoms. The number of nitrogens with one attached hydrogen (secondary N) is 1. The molecular weight excluding hydrogens is 422 g/mol. The number of carbonyl (C=O) groups is 1. The first-order valence-electron chi connectivity index (χ1n) is 9.75. The van der Waals surface area contributed by atoms with Gasteiger partial charge in [-0.05, 0) is 56.3 Å². The standard InChI is InChI=1S/C21H23N3O6S/c1-4-28-17-12-9-15(13-18(17)29-5-2)19(25)22-21-24-23-20(30-21)14-7-10-16(11-8-14)31(26,27)6-3/h7-13H,4-6H2,1-3H3,(H,22,24,25). The highest BCUT2D eigenvalue weighted by Crippen LogP contribution is 2.29. The third-order valence-corrected chi connectivity index (χ3v) is 6.04. The van der Waals surface area contributed by atoms with Crippen molar-refractivity contribution in [2.75, 3.05) is 24.3 Å². The number of aromatic nitrogens is 2. The summed E-state index contributed by atoms with van der Waals surface area (Å²) in [6.45, 7) is 6.18. The molecule has 0 radical (unpaired) electrons. The number of hydrogen-bond acceptors (Lipinski definition) is 8. The largest absolute Gasteiger partial charge is 0.490 e. The molecule has 1 aromatic heterocycles. The van der Waals surface area contributed by atoms with Crippen LogP contribution in [-0.2, 0) is 9.84 Å². The molecule has 2 aromatic carbocycles. The first kappa shape index (κ1) is 22.3. The van der Waals surface area contributed by atoms with Gasteiger partial charge in [-0.3, -0.25) is 10.1 Å². The quantitative estimate of drug-likeness (QED) is 0.531. The highest BCUT2D eigenvalue weighted by Gasteiger charge is 2.16. The maximum absolute atomic E-state index is 12.6. The molecule has 0 saturated heterocycles. The molecule has 1 heterocycles. The summed E-state index contributed by atoms with van der Waals surface area (Å²) in [5.41, 5.74) is 0.864. The van der Waals surface area contributed by atoms with Crippen LogP contribution < -0.4 is 14.8 Å². The molecule has 3 aromatic rings. The zero-order valence-corrected chi connectivity index (χ0v) is 18.2. The highest BCUT2D eigenvalue weighted by atomic mass is 32.2. The Morgan fingerprint density at radius 2 is 1.65 bits per heavy atom. The number of benzene rings is 2. The van der Waals surface area contributed by atoms with Crippen LogP contribution in [0, 0.1) is 0 Å². The van der Waals surface area contributed by atoms with Crippen molar-refractivity contribution in [2.24, 2.45) is 0 Å². The number of ether oxygens (including phenoxy) is 2. The summed E-state index contributed by atoms with van der Waals surface area (Å²) in [5.74, 6) is 0.723. The minimum atomic E-state index is -3.30. The summed E-state index contributed by atoms with van der Waals surface area (Å²) in [6, 6.07) is 10.9. The topological polar surface area (TPSA) is 121 Å². The van der Waals surface area contributed by atoms with Crippen molar-refractivity contribution in [2.45, 2.75) is 25.7 Å². The van der Waals surface area contributed by atoms with Gasteiger partial charge in [0.2, 0.25) is 5.89 Å². The Bertz CT molecular complexity index is 1160. The molecule has 10 heteroatoms. The van der Waals surface area contributed by atoms with Crippen molar-refractivity contribution in [3.8, 4) is 23.0 Å². The smallest absolute Gasteiger partial charge is 0.322 e. The van der Waals surface area contributed by atoms with Crippen LogP contribution in [0.25, 0.3) is 11.5 Å². The zero-order valence-electron chi connectivity index (χ0n) is 17.4. The molecular formula is C21H23N3O6S. The van der Waals surface area contributed by atoms with E-state index < -0.39 is 15.7 Å². The lowest BCUT2D eigenvalue weighted by Gasteiger charge is -2.11. The van der Waals surface area contributed by atoms with Crippen molar-refractivity contribution in [3.05, 3.63) is 48.0 Å². The number of nitrogens with zero attached hydrogens (tertiary/aromatic N) is 2. The van der Waals surface area contributed by atoms with Crippen LogP contribution in [-0.4, -0.2) is 43.5 Å². The minimum absolute atomic E-state index is 0.0135. The molecule has 0 atom stereocenters. The van der Waals surface area contributed by atoms with Gasteiger partial charge in [-0.15, -0.1) is 5.10 Å². The second-order valence-corrected chi connectivity index (χ2v) is 8.60. The monoisotopic (exact) mass is 445 g/mol. The van der Waals surface area contributed by atoms with Crippen molar-refractivity contribution < 1.29 is 27.1 Å². The number of rotatable bonds is 9. The lowest BCUT2D eigenvalue weighted by molar-refractivity contribution is 0.102. The molecule has 0 aliphatic heterocycles. The molecule has 0 aliphatic carbocycles. The SMILES string of the molecule is CCOc1ccc(C(=O)Nc2nnc(-c3ccc(S(=O)(=O)CC)cc3)o2)cc1OCC. The predicted molar refractivity (Wildman–Crippen MR) is 114 cm³/mol. The number of carbonyl (C=O) groups excluding carboxylic acids is 1. The second kappa shape index (κ2) is 9.61. The summed E-state index contributed by atoms with van der Waals surface area (Å²) in [6.07, 6.45) is 0. The Kier molecular flexibility index (Phi) is 6.91. The van der Waals surface area contributed by atoms with E-state index in [2.05, 4.69) is 15.5 Å². The van der Waals surface area contributed by atoms with Gasteiger partial charge in [0, 0.05) is 11.1 Å². The first-order valence-corrected chi connectivity index (χ1v) is 11.4.